The van der Waals surface area contributed by atoms with Gasteiger partial charge in [0.1, 0.15) is 6.04 Å². The minimum atomic E-state index is -0.777. The fourth-order valence-corrected chi connectivity index (χ4v) is 2.46. The average Bonchev–Trinajstić information content (AvgIpc) is 2.61. The molecule has 0 saturated carbocycles. The number of amides is 3. The lowest BCUT2D eigenvalue weighted by atomic mass is 9.98. The summed E-state index contributed by atoms with van der Waals surface area (Å²) in [6, 6.07) is 12.9. The third-order valence-electron chi connectivity index (χ3n) is 3.59. The van der Waals surface area contributed by atoms with Crippen molar-refractivity contribution in [3.05, 3.63) is 48.0 Å². The lowest BCUT2D eigenvalue weighted by Gasteiger charge is -2.19. The Morgan fingerprint density at radius 3 is 2.62 bits per heavy atom. The molecule has 5 N–H and O–H groups in total. The number of carbonyl (C=O) groups is 3. The summed E-state index contributed by atoms with van der Waals surface area (Å²) in [5, 5.41) is 9.58. The Kier molecular flexibility index (Phi) is 6.27. The van der Waals surface area contributed by atoms with Crippen molar-refractivity contribution >= 4 is 29.0 Å². The fraction of sp³-hybridized carbons (Fsp3) is 0.235. The van der Waals surface area contributed by atoms with Crippen LogP contribution in [-0.2, 0) is 20.8 Å². The molecule has 24 heavy (non-hydrogen) atoms. The van der Waals surface area contributed by atoms with E-state index >= 15 is 0 Å². The molecule has 0 fully saturated rings. The van der Waals surface area contributed by atoms with Crippen LogP contribution in [0.15, 0.2) is 42.5 Å². The topological polar surface area (TPSA) is 113 Å². The lowest BCUT2D eigenvalue weighted by molar-refractivity contribution is -0.128. The van der Waals surface area contributed by atoms with Gasteiger partial charge in [0.05, 0.1) is 13.2 Å². The molecule has 7 heteroatoms. The number of nitrogens with two attached hydrogens (primary N) is 1. The highest BCUT2D eigenvalue weighted by Gasteiger charge is 2.21. The minimum absolute atomic E-state index is 0.00708. The van der Waals surface area contributed by atoms with E-state index in [1.54, 1.807) is 0 Å². The van der Waals surface area contributed by atoms with Gasteiger partial charge in [-0.3, -0.25) is 14.4 Å². The van der Waals surface area contributed by atoms with Crippen LogP contribution in [0.5, 0.6) is 0 Å². The van der Waals surface area contributed by atoms with E-state index in [2.05, 4.69) is 16.0 Å². The molecular weight excluding hydrogens is 308 g/mol. The summed E-state index contributed by atoms with van der Waals surface area (Å²) in [5.74, 6) is -0.808. The highest BCUT2D eigenvalue weighted by molar-refractivity contribution is 5.90. The first kappa shape index (κ1) is 17.4. The van der Waals surface area contributed by atoms with E-state index in [1.165, 1.54) is 0 Å². The van der Waals surface area contributed by atoms with Gasteiger partial charge in [0, 0.05) is 6.42 Å². The molecule has 0 aromatic heterocycles. The van der Waals surface area contributed by atoms with E-state index in [0.29, 0.717) is 12.8 Å². The average molecular weight is 328 g/mol. The van der Waals surface area contributed by atoms with E-state index in [-0.39, 0.29) is 19.1 Å². The molecule has 2 aromatic carbocycles. The van der Waals surface area contributed by atoms with E-state index in [0.717, 1.165) is 16.3 Å². The number of hydrogen-bond acceptors (Lipinski definition) is 4. The second-order valence-electron chi connectivity index (χ2n) is 5.21. The molecule has 3 amide bonds. The Morgan fingerprint density at radius 2 is 1.88 bits per heavy atom. The summed E-state index contributed by atoms with van der Waals surface area (Å²) in [4.78, 5) is 34.2. The van der Waals surface area contributed by atoms with Crippen molar-refractivity contribution < 1.29 is 14.4 Å². The zero-order valence-corrected chi connectivity index (χ0v) is 13.1. The predicted octanol–water partition coefficient (Wildman–Crippen LogP) is -0.354. The van der Waals surface area contributed by atoms with Gasteiger partial charge < -0.3 is 21.7 Å². The molecule has 0 heterocycles. The first-order chi connectivity index (χ1) is 11.7. The quantitative estimate of drug-likeness (QED) is 0.301. The maximum atomic E-state index is 12.3. The summed E-state index contributed by atoms with van der Waals surface area (Å²) in [5.41, 5.74) is 6.26. The van der Waals surface area contributed by atoms with Crippen LogP contribution in [0.4, 0.5) is 0 Å². The normalized spacial score (nSPS) is 11.5. The molecule has 2 aromatic rings. The SMILES string of the molecule is NCC(=O)N[C@H](Cc1cccc2ccccc12)C(=O)NCNC=O. The molecule has 0 aliphatic heterocycles. The van der Waals surface area contributed by atoms with E-state index in [9.17, 15) is 14.4 Å². The standard InChI is InChI=1S/C17H20N4O3/c18-9-16(23)21-15(17(24)20-10-19-11-22)8-13-6-3-5-12-4-1-2-7-14(12)13/h1-7,11,15H,8-10,18H2,(H,19,22)(H,20,24)(H,21,23)/t15-/m1/s1. The first-order valence-corrected chi connectivity index (χ1v) is 7.56. The van der Waals surface area contributed by atoms with Gasteiger partial charge in [-0.1, -0.05) is 42.5 Å². The van der Waals surface area contributed by atoms with Crippen LogP contribution < -0.4 is 21.7 Å². The fourth-order valence-electron chi connectivity index (χ4n) is 2.46. The van der Waals surface area contributed by atoms with Gasteiger partial charge >= 0.3 is 0 Å². The predicted molar refractivity (Wildman–Crippen MR) is 90.8 cm³/mol. The van der Waals surface area contributed by atoms with Crippen molar-refractivity contribution in [2.45, 2.75) is 12.5 Å². The number of fused-ring (bicyclic) bond motifs is 1. The van der Waals surface area contributed by atoms with Gasteiger partial charge in [-0.15, -0.1) is 0 Å². The Hall–Kier alpha value is -2.93. The molecular formula is C17H20N4O3. The highest BCUT2D eigenvalue weighted by Crippen LogP contribution is 2.19. The van der Waals surface area contributed by atoms with Gasteiger partial charge in [0.2, 0.25) is 18.2 Å². The van der Waals surface area contributed by atoms with Crippen LogP contribution >= 0.6 is 0 Å². The number of hydrogen-bond donors (Lipinski definition) is 4. The number of carbonyl (C=O) groups excluding carboxylic acids is 3. The van der Waals surface area contributed by atoms with Gasteiger partial charge in [0.25, 0.3) is 0 Å². The summed E-state index contributed by atoms with van der Waals surface area (Å²) < 4.78 is 0. The lowest BCUT2D eigenvalue weighted by Crippen LogP contribution is -2.51. The van der Waals surface area contributed by atoms with E-state index in [4.69, 9.17) is 5.73 Å². The monoisotopic (exact) mass is 328 g/mol. The smallest absolute Gasteiger partial charge is 0.244 e. The molecule has 0 aliphatic carbocycles. The summed E-state index contributed by atoms with van der Waals surface area (Å²) in [7, 11) is 0. The number of rotatable bonds is 8. The molecule has 0 aliphatic rings. The van der Waals surface area contributed by atoms with Gasteiger partial charge in [-0.2, -0.15) is 0 Å². The molecule has 1 atom stereocenters. The Balaban J connectivity index is 2.21. The van der Waals surface area contributed by atoms with Crippen LogP contribution in [0.25, 0.3) is 10.8 Å². The zero-order chi connectivity index (χ0) is 17.4. The first-order valence-electron chi connectivity index (χ1n) is 7.56. The Morgan fingerprint density at radius 1 is 1.12 bits per heavy atom. The highest BCUT2D eigenvalue weighted by atomic mass is 16.2. The van der Waals surface area contributed by atoms with Crippen molar-refractivity contribution in [2.75, 3.05) is 13.2 Å². The molecule has 0 saturated heterocycles. The maximum Gasteiger partial charge on any atom is 0.244 e. The van der Waals surface area contributed by atoms with Gasteiger partial charge in [-0.05, 0) is 16.3 Å². The molecule has 0 radical (unpaired) electrons. The molecule has 2 rings (SSSR count). The van der Waals surface area contributed by atoms with Crippen molar-refractivity contribution in [1.29, 1.82) is 0 Å². The van der Waals surface area contributed by atoms with E-state index < -0.39 is 11.9 Å². The van der Waals surface area contributed by atoms with Crippen molar-refractivity contribution in [1.82, 2.24) is 16.0 Å². The van der Waals surface area contributed by atoms with Crippen molar-refractivity contribution in [3.63, 3.8) is 0 Å². The molecule has 126 valence electrons. The van der Waals surface area contributed by atoms with Crippen molar-refractivity contribution in [3.8, 4) is 0 Å². The Bertz CT molecular complexity index is 727. The molecule has 7 nitrogen and oxygen atoms in total. The van der Waals surface area contributed by atoms with Crippen LogP contribution in [0.2, 0.25) is 0 Å². The second kappa shape index (κ2) is 8.64. The maximum absolute atomic E-state index is 12.3. The number of benzene rings is 2. The third kappa shape index (κ3) is 4.53. The minimum Gasteiger partial charge on any atom is -0.343 e. The third-order valence-corrected chi connectivity index (χ3v) is 3.59. The van der Waals surface area contributed by atoms with E-state index in [1.807, 2.05) is 42.5 Å². The molecule has 0 unspecified atom stereocenters. The van der Waals surface area contributed by atoms with Gasteiger partial charge in [0.15, 0.2) is 0 Å². The van der Waals surface area contributed by atoms with Crippen LogP contribution in [-0.4, -0.2) is 37.5 Å². The second-order valence-corrected chi connectivity index (χ2v) is 5.21. The van der Waals surface area contributed by atoms with Crippen molar-refractivity contribution in [2.24, 2.45) is 5.73 Å². The summed E-state index contributed by atoms with van der Waals surface area (Å²) >= 11 is 0. The van der Waals surface area contributed by atoms with Gasteiger partial charge in [-0.25, -0.2) is 0 Å². The number of nitrogens with one attached hydrogen (secondary N) is 3. The molecule has 0 bridgehead atoms. The van der Waals surface area contributed by atoms with Crippen LogP contribution in [0.3, 0.4) is 0 Å². The molecule has 0 spiro atoms. The summed E-state index contributed by atoms with van der Waals surface area (Å²) in [6.07, 6.45) is 0.804. The largest absolute Gasteiger partial charge is 0.343 e. The zero-order valence-electron chi connectivity index (χ0n) is 13.1. The summed E-state index contributed by atoms with van der Waals surface area (Å²) in [6.45, 7) is -0.210. The van der Waals surface area contributed by atoms with Crippen LogP contribution in [0, 0.1) is 0 Å². The Labute approximate surface area is 139 Å². The van der Waals surface area contributed by atoms with Crippen LogP contribution in [0.1, 0.15) is 5.56 Å².